The molecule has 1 aromatic heterocycles. The molecule has 0 bridgehead atoms. The largest absolute Gasteiger partial charge is 0.465 e. The van der Waals surface area contributed by atoms with Crippen LogP contribution in [-0.2, 0) is 17.8 Å². The first-order valence-corrected chi connectivity index (χ1v) is 8.12. The molecule has 0 aliphatic carbocycles. The molecule has 0 saturated carbocycles. The lowest BCUT2D eigenvalue weighted by atomic mass is 10.1. The first kappa shape index (κ1) is 18.7. The third-order valence-electron chi connectivity index (χ3n) is 4.10. The number of nitrogens with zero attached hydrogens (tertiary/aromatic N) is 1. The number of hydrogen-bond acceptors (Lipinski definition) is 4. The van der Waals surface area contributed by atoms with Crippen molar-refractivity contribution >= 4 is 11.9 Å². The van der Waals surface area contributed by atoms with Gasteiger partial charge < -0.3 is 19.9 Å². The molecule has 2 rings (SSSR count). The van der Waals surface area contributed by atoms with Crippen molar-refractivity contribution in [2.45, 2.75) is 26.9 Å². The number of aromatic amines is 1. The van der Waals surface area contributed by atoms with Gasteiger partial charge in [0.15, 0.2) is 0 Å². The monoisotopic (exact) mass is 343 g/mol. The third kappa shape index (κ3) is 4.28. The maximum Gasteiger partial charge on any atom is 0.339 e. The average Bonchev–Trinajstić information content (AvgIpc) is 2.87. The first-order valence-electron chi connectivity index (χ1n) is 8.12. The lowest BCUT2D eigenvalue weighted by molar-refractivity contribution is 0.0599. The molecule has 2 aromatic rings. The summed E-state index contributed by atoms with van der Waals surface area (Å²) in [6.45, 7) is 4.72. The maximum absolute atomic E-state index is 12.5. The molecule has 0 aliphatic rings. The highest BCUT2D eigenvalue weighted by Gasteiger charge is 2.22. The van der Waals surface area contributed by atoms with Gasteiger partial charge in [0.1, 0.15) is 5.69 Å². The second kappa shape index (κ2) is 7.98. The molecule has 0 fully saturated rings. The Hall–Kier alpha value is -2.60. The zero-order valence-electron chi connectivity index (χ0n) is 15.4. The minimum Gasteiger partial charge on any atom is -0.465 e. The van der Waals surface area contributed by atoms with Crippen molar-refractivity contribution in [1.82, 2.24) is 15.2 Å². The van der Waals surface area contributed by atoms with Gasteiger partial charge in [0.05, 0.1) is 12.7 Å². The van der Waals surface area contributed by atoms with Crippen LogP contribution < -0.4 is 5.32 Å². The zero-order chi connectivity index (χ0) is 18.6. The highest BCUT2D eigenvalue weighted by Crippen LogP contribution is 2.19. The second-order valence-corrected chi connectivity index (χ2v) is 6.31. The van der Waals surface area contributed by atoms with Gasteiger partial charge in [-0.15, -0.1) is 0 Å². The molecule has 1 aromatic carbocycles. The summed E-state index contributed by atoms with van der Waals surface area (Å²) in [6.07, 6.45) is 0. The molecule has 6 nitrogen and oxygen atoms in total. The normalized spacial score (nSPS) is 10.8. The molecule has 25 heavy (non-hydrogen) atoms. The highest BCUT2D eigenvalue weighted by atomic mass is 16.5. The first-order chi connectivity index (χ1) is 11.8. The van der Waals surface area contributed by atoms with Crippen LogP contribution in [0.5, 0.6) is 0 Å². The van der Waals surface area contributed by atoms with E-state index in [2.05, 4.69) is 21.3 Å². The van der Waals surface area contributed by atoms with Crippen molar-refractivity contribution in [3.05, 3.63) is 57.9 Å². The molecule has 134 valence electrons. The van der Waals surface area contributed by atoms with Gasteiger partial charge in [-0.2, -0.15) is 0 Å². The fraction of sp³-hybridized carbons (Fsp3) is 0.368. The Morgan fingerprint density at radius 1 is 1.16 bits per heavy atom. The van der Waals surface area contributed by atoms with E-state index in [-0.39, 0.29) is 5.91 Å². The molecule has 0 radical (unpaired) electrons. The molecule has 1 amide bonds. The van der Waals surface area contributed by atoms with Gasteiger partial charge in [0, 0.05) is 18.8 Å². The summed E-state index contributed by atoms with van der Waals surface area (Å²) in [5, 5.41) is 2.93. The maximum atomic E-state index is 12.5. The number of benzene rings is 1. The van der Waals surface area contributed by atoms with E-state index in [4.69, 9.17) is 4.74 Å². The number of nitrogens with one attached hydrogen (secondary N) is 2. The predicted octanol–water partition coefficient (Wildman–Crippen LogP) is 2.41. The Kier molecular flexibility index (Phi) is 5.98. The molecule has 0 saturated heterocycles. The molecule has 6 heteroatoms. The summed E-state index contributed by atoms with van der Waals surface area (Å²) in [4.78, 5) is 29.5. The van der Waals surface area contributed by atoms with E-state index in [0.29, 0.717) is 29.1 Å². The van der Waals surface area contributed by atoms with Crippen LogP contribution in [-0.4, -0.2) is 43.0 Å². The number of amides is 1. The van der Waals surface area contributed by atoms with Crippen molar-refractivity contribution in [2.75, 3.05) is 21.2 Å². The topological polar surface area (TPSA) is 74.4 Å². The van der Waals surface area contributed by atoms with E-state index in [1.165, 1.54) is 12.7 Å². The smallest absolute Gasteiger partial charge is 0.339 e. The number of esters is 1. The molecular formula is C19H25N3O3. The molecule has 0 spiro atoms. The lowest BCUT2D eigenvalue weighted by Crippen LogP contribution is -2.25. The van der Waals surface area contributed by atoms with Gasteiger partial charge in [-0.05, 0) is 44.6 Å². The Labute approximate surface area is 148 Å². The number of aromatic nitrogens is 1. The van der Waals surface area contributed by atoms with Crippen LogP contribution in [0, 0.1) is 13.8 Å². The summed E-state index contributed by atoms with van der Waals surface area (Å²) in [7, 11) is 5.35. The van der Waals surface area contributed by atoms with Crippen molar-refractivity contribution < 1.29 is 14.3 Å². The standard InChI is InChI=1S/C19H25N3O3/c1-12-16(19(24)25-5)13(2)21-17(12)18(23)20-10-14-8-6-7-9-15(14)11-22(3)4/h6-9,21H,10-11H2,1-5H3,(H,20,23). The second-order valence-electron chi connectivity index (χ2n) is 6.31. The van der Waals surface area contributed by atoms with Gasteiger partial charge in [-0.25, -0.2) is 4.79 Å². The Balaban J connectivity index is 2.16. The number of carbonyl (C=O) groups excluding carboxylic acids is 2. The van der Waals surface area contributed by atoms with Gasteiger partial charge in [0.2, 0.25) is 0 Å². The van der Waals surface area contributed by atoms with E-state index in [9.17, 15) is 9.59 Å². The SMILES string of the molecule is COC(=O)c1c(C)[nH]c(C(=O)NCc2ccccc2CN(C)C)c1C. The molecule has 0 aliphatic heterocycles. The van der Waals surface area contributed by atoms with Crippen LogP contribution in [0.25, 0.3) is 0 Å². The van der Waals surface area contributed by atoms with E-state index in [0.717, 1.165) is 12.1 Å². The van der Waals surface area contributed by atoms with Crippen LogP contribution in [0.4, 0.5) is 0 Å². The summed E-state index contributed by atoms with van der Waals surface area (Å²) < 4.78 is 4.78. The number of aryl methyl sites for hydroxylation is 1. The summed E-state index contributed by atoms with van der Waals surface area (Å²) >= 11 is 0. The van der Waals surface area contributed by atoms with E-state index >= 15 is 0 Å². The van der Waals surface area contributed by atoms with Crippen LogP contribution in [0.1, 0.15) is 43.2 Å². The van der Waals surface area contributed by atoms with E-state index < -0.39 is 5.97 Å². The summed E-state index contributed by atoms with van der Waals surface area (Å²) in [5.74, 6) is -0.683. The summed E-state index contributed by atoms with van der Waals surface area (Å²) in [6, 6.07) is 8.01. The molecule has 0 atom stereocenters. The molecule has 0 unspecified atom stereocenters. The third-order valence-corrected chi connectivity index (χ3v) is 4.10. The summed E-state index contributed by atoms with van der Waals surface area (Å²) in [5.41, 5.74) is 4.27. The number of rotatable bonds is 6. The fourth-order valence-corrected chi connectivity index (χ4v) is 2.87. The number of methoxy groups -OCH3 is 1. The van der Waals surface area contributed by atoms with Crippen LogP contribution in [0.3, 0.4) is 0 Å². The fourth-order valence-electron chi connectivity index (χ4n) is 2.87. The number of ether oxygens (including phenoxy) is 1. The number of hydrogen-bond donors (Lipinski definition) is 2. The van der Waals surface area contributed by atoms with Gasteiger partial charge in [0.25, 0.3) is 5.91 Å². The number of carbonyl (C=O) groups is 2. The molecular weight excluding hydrogens is 318 g/mol. The Morgan fingerprint density at radius 3 is 2.40 bits per heavy atom. The van der Waals surface area contributed by atoms with Crippen molar-refractivity contribution in [3.63, 3.8) is 0 Å². The van der Waals surface area contributed by atoms with Gasteiger partial charge in [-0.1, -0.05) is 24.3 Å². The molecule has 2 N–H and O–H groups in total. The van der Waals surface area contributed by atoms with Crippen LogP contribution >= 0.6 is 0 Å². The highest BCUT2D eigenvalue weighted by molar-refractivity contribution is 6.00. The van der Waals surface area contributed by atoms with Crippen LogP contribution in [0.2, 0.25) is 0 Å². The number of H-pyrrole nitrogens is 1. The van der Waals surface area contributed by atoms with Gasteiger partial charge in [-0.3, -0.25) is 4.79 Å². The quantitative estimate of drug-likeness (QED) is 0.790. The van der Waals surface area contributed by atoms with Crippen LogP contribution in [0.15, 0.2) is 24.3 Å². The predicted molar refractivity (Wildman–Crippen MR) is 96.6 cm³/mol. The zero-order valence-corrected chi connectivity index (χ0v) is 15.4. The van der Waals surface area contributed by atoms with E-state index in [1.54, 1.807) is 13.8 Å². The minimum absolute atomic E-state index is 0.240. The lowest BCUT2D eigenvalue weighted by Gasteiger charge is -2.14. The van der Waals surface area contributed by atoms with Gasteiger partial charge >= 0.3 is 5.97 Å². The molecule has 1 heterocycles. The van der Waals surface area contributed by atoms with Crippen molar-refractivity contribution in [1.29, 1.82) is 0 Å². The Morgan fingerprint density at radius 2 is 1.80 bits per heavy atom. The van der Waals surface area contributed by atoms with Crippen molar-refractivity contribution in [3.8, 4) is 0 Å². The van der Waals surface area contributed by atoms with E-state index in [1.807, 2.05) is 32.3 Å². The van der Waals surface area contributed by atoms with Crippen molar-refractivity contribution in [2.24, 2.45) is 0 Å². The Bertz CT molecular complexity index is 778. The minimum atomic E-state index is -0.443. The average molecular weight is 343 g/mol.